The quantitative estimate of drug-likeness (QED) is 0.773. The maximum Gasteiger partial charge on any atom is 0.0774 e. The molecular formula is C13H18O2. The molecule has 0 bridgehead atoms. The minimum absolute atomic E-state index is 0.163. The first kappa shape index (κ1) is 12.0. The Morgan fingerprint density at radius 1 is 1.33 bits per heavy atom. The highest BCUT2D eigenvalue weighted by Gasteiger charge is 2.02. The zero-order chi connectivity index (χ0) is 11.3. The van der Waals surface area contributed by atoms with E-state index in [0.29, 0.717) is 6.42 Å². The van der Waals surface area contributed by atoms with E-state index < -0.39 is 6.10 Å². The van der Waals surface area contributed by atoms with Crippen LogP contribution in [0.25, 0.3) is 5.57 Å². The van der Waals surface area contributed by atoms with Gasteiger partial charge in [0.25, 0.3) is 0 Å². The van der Waals surface area contributed by atoms with Crippen molar-refractivity contribution in [2.75, 3.05) is 6.61 Å². The summed E-state index contributed by atoms with van der Waals surface area (Å²) in [4.78, 5) is 0. The third kappa shape index (κ3) is 3.86. The van der Waals surface area contributed by atoms with Crippen molar-refractivity contribution in [2.24, 2.45) is 0 Å². The van der Waals surface area contributed by atoms with E-state index >= 15 is 0 Å². The van der Waals surface area contributed by atoms with Gasteiger partial charge in [0.05, 0.1) is 12.7 Å². The van der Waals surface area contributed by atoms with E-state index in [-0.39, 0.29) is 6.61 Å². The lowest BCUT2D eigenvalue weighted by molar-refractivity contribution is 0.0886. The van der Waals surface area contributed by atoms with Crippen LogP contribution in [0.5, 0.6) is 0 Å². The summed E-state index contributed by atoms with van der Waals surface area (Å²) in [5.74, 6) is 0. The average Bonchev–Trinajstić information content (AvgIpc) is 2.26. The Balaban J connectivity index is 2.53. The first-order valence-electron chi connectivity index (χ1n) is 5.17. The van der Waals surface area contributed by atoms with Crippen molar-refractivity contribution in [3.05, 3.63) is 42.0 Å². The van der Waals surface area contributed by atoms with Crippen LogP contribution in [-0.4, -0.2) is 22.9 Å². The molecule has 2 heteroatoms. The van der Waals surface area contributed by atoms with Crippen LogP contribution in [0.1, 0.15) is 24.5 Å². The number of rotatable bonds is 5. The fourth-order valence-electron chi connectivity index (χ4n) is 1.38. The molecule has 1 rings (SSSR count). The predicted octanol–water partition coefficient (Wildman–Crippen LogP) is 2.01. The Labute approximate surface area is 90.9 Å². The summed E-state index contributed by atoms with van der Waals surface area (Å²) in [6, 6.07) is 8.13. The van der Waals surface area contributed by atoms with E-state index in [4.69, 9.17) is 5.11 Å². The monoisotopic (exact) mass is 206 g/mol. The minimum Gasteiger partial charge on any atom is -0.394 e. The molecule has 82 valence electrons. The Morgan fingerprint density at radius 3 is 2.40 bits per heavy atom. The number of hydrogen-bond donors (Lipinski definition) is 2. The Kier molecular flexibility index (Phi) is 4.53. The molecule has 0 saturated heterocycles. The van der Waals surface area contributed by atoms with Gasteiger partial charge in [-0.1, -0.05) is 36.4 Å². The lowest BCUT2D eigenvalue weighted by Gasteiger charge is -2.07. The van der Waals surface area contributed by atoms with Crippen LogP contribution >= 0.6 is 0 Å². The number of aryl methyl sites for hydroxylation is 1. The van der Waals surface area contributed by atoms with Gasteiger partial charge in [-0.2, -0.15) is 0 Å². The number of benzene rings is 1. The molecule has 0 aliphatic carbocycles. The molecule has 0 radical (unpaired) electrons. The summed E-state index contributed by atoms with van der Waals surface area (Å²) in [5.41, 5.74) is 3.37. The largest absolute Gasteiger partial charge is 0.394 e. The summed E-state index contributed by atoms with van der Waals surface area (Å²) >= 11 is 0. The smallest absolute Gasteiger partial charge is 0.0774 e. The van der Waals surface area contributed by atoms with Crippen molar-refractivity contribution in [1.82, 2.24) is 0 Å². The normalized spacial score (nSPS) is 12.5. The summed E-state index contributed by atoms with van der Waals surface area (Å²) in [7, 11) is 0. The Morgan fingerprint density at radius 2 is 1.93 bits per heavy atom. The summed E-state index contributed by atoms with van der Waals surface area (Å²) in [5, 5.41) is 17.9. The molecule has 1 aromatic carbocycles. The van der Waals surface area contributed by atoms with Crippen molar-refractivity contribution in [3.8, 4) is 0 Å². The summed E-state index contributed by atoms with van der Waals surface area (Å²) < 4.78 is 0. The van der Waals surface area contributed by atoms with E-state index in [1.807, 2.05) is 31.2 Å². The first-order valence-corrected chi connectivity index (χ1v) is 5.17. The molecule has 2 nitrogen and oxygen atoms in total. The van der Waals surface area contributed by atoms with E-state index in [0.717, 1.165) is 17.6 Å². The van der Waals surface area contributed by atoms with Crippen LogP contribution in [0.4, 0.5) is 0 Å². The SMILES string of the molecule is C=C(C)c1ccc(CCC(O)CO)cc1. The van der Waals surface area contributed by atoms with Gasteiger partial charge in [-0.15, -0.1) is 0 Å². The maximum atomic E-state index is 9.20. The van der Waals surface area contributed by atoms with Crippen molar-refractivity contribution in [3.63, 3.8) is 0 Å². The molecule has 1 unspecified atom stereocenters. The molecule has 0 heterocycles. The molecule has 1 aromatic rings. The average molecular weight is 206 g/mol. The second kappa shape index (κ2) is 5.69. The zero-order valence-electron chi connectivity index (χ0n) is 9.11. The Hall–Kier alpha value is -1.12. The third-order valence-corrected chi connectivity index (χ3v) is 2.42. The second-order valence-electron chi connectivity index (χ2n) is 3.85. The van der Waals surface area contributed by atoms with Gasteiger partial charge in [-0.3, -0.25) is 0 Å². The predicted molar refractivity (Wildman–Crippen MR) is 62.6 cm³/mol. The summed E-state index contributed by atoms with van der Waals surface area (Å²) in [6.07, 6.45) is 0.784. The molecule has 0 aliphatic heterocycles. The number of aliphatic hydroxyl groups excluding tert-OH is 2. The Bertz CT molecular complexity index is 314. The molecular weight excluding hydrogens is 188 g/mol. The van der Waals surface area contributed by atoms with Gasteiger partial charge < -0.3 is 10.2 Å². The number of allylic oxidation sites excluding steroid dienone is 1. The maximum absolute atomic E-state index is 9.20. The summed E-state index contributed by atoms with van der Waals surface area (Å²) in [6.45, 7) is 5.68. The third-order valence-electron chi connectivity index (χ3n) is 2.42. The number of hydrogen-bond acceptors (Lipinski definition) is 2. The lowest BCUT2D eigenvalue weighted by Crippen LogP contribution is -2.12. The first-order chi connectivity index (χ1) is 7.13. The molecule has 1 atom stereocenters. The fraction of sp³-hybridized carbons (Fsp3) is 0.385. The van der Waals surface area contributed by atoms with E-state index in [1.165, 1.54) is 5.56 Å². The van der Waals surface area contributed by atoms with Crippen molar-refractivity contribution in [1.29, 1.82) is 0 Å². The highest BCUT2D eigenvalue weighted by molar-refractivity contribution is 5.61. The molecule has 0 amide bonds. The molecule has 0 aromatic heterocycles. The van der Waals surface area contributed by atoms with Crippen LogP contribution < -0.4 is 0 Å². The van der Waals surface area contributed by atoms with Crippen molar-refractivity contribution >= 4 is 5.57 Å². The molecule has 15 heavy (non-hydrogen) atoms. The molecule has 0 spiro atoms. The second-order valence-corrected chi connectivity index (χ2v) is 3.85. The fourth-order valence-corrected chi connectivity index (χ4v) is 1.38. The standard InChI is InChI=1S/C13H18O2/c1-10(2)12-6-3-11(4-7-12)5-8-13(15)9-14/h3-4,6-7,13-15H,1,5,8-9H2,2H3. The van der Waals surface area contributed by atoms with Crippen molar-refractivity contribution in [2.45, 2.75) is 25.9 Å². The van der Waals surface area contributed by atoms with E-state index in [9.17, 15) is 5.11 Å². The minimum atomic E-state index is -0.606. The van der Waals surface area contributed by atoms with Gasteiger partial charge in [-0.05, 0) is 30.9 Å². The highest BCUT2D eigenvalue weighted by Crippen LogP contribution is 2.13. The van der Waals surface area contributed by atoms with Gasteiger partial charge in [0.1, 0.15) is 0 Å². The molecule has 0 saturated carbocycles. The molecule has 2 N–H and O–H groups in total. The van der Waals surface area contributed by atoms with Crippen LogP contribution in [0, 0.1) is 0 Å². The van der Waals surface area contributed by atoms with Gasteiger partial charge in [0, 0.05) is 0 Å². The van der Waals surface area contributed by atoms with Gasteiger partial charge in [0.15, 0.2) is 0 Å². The lowest BCUT2D eigenvalue weighted by atomic mass is 10.0. The molecule has 0 aliphatic rings. The highest BCUT2D eigenvalue weighted by atomic mass is 16.3. The number of aliphatic hydroxyl groups is 2. The van der Waals surface area contributed by atoms with E-state index in [1.54, 1.807) is 0 Å². The molecule has 0 fully saturated rings. The van der Waals surface area contributed by atoms with Crippen molar-refractivity contribution < 1.29 is 10.2 Å². The van der Waals surface area contributed by atoms with Crippen LogP contribution in [0.2, 0.25) is 0 Å². The van der Waals surface area contributed by atoms with Gasteiger partial charge in [0.2, 0.25) is 0 Å². The van der Waals surface area contributed by atoms with Crippen LogP contribution in [0.3, 0.4) is 0 Å². The van der Waals surface area contributed by atoms with E-state index in [2.05, 4.69) is 6.58 Å². The zero-order valence-corrected chi connectivity index (χ0v) is 9.11. The van der Waals surface area contributed by atoms with Crippen LogP contribution in [-0.2, 0) is 6.42 Å². The van der Waals surface area contributed by atoms with Crippen LogP contribution in [0.15, 0.2) is 30.8 Å². The van der Waals surface area contributed by atoms with Gasteiger partial charge >= 0.3 is 0 Å². The topological polar surface area (TPSA) is 40.5 Å². The van der Waals surface area contributed by atoms with Gasteiger partial charge in [-0.25, -0.2) is 0 Å².